The molecule has 0 unspecified atom stereocenters. The summed E-state index contributed by atoms with van der Waals surface area (Å²) in [6.45, 7) is 0. The predicted octanol–water partition coefficient (Wildman–Crippen LogP) is 13.1. The van der Waals surface area contributed by atoms with Crippen LogP contribution < -0.4 is 0 Å². The van der Waals surface area contributed by atoms with Crippen molar-refractivity contribution in [3.63, 3.8) is 0 Å². The van der Waals surface area contributed by atoms with Crippen LogP contribution in [0.3, 0.4) is 0 Å². The maximum absolute atomic E-state index is 2.39. The summed E-state index contributed by atoms with van der Waals surface area (Å²) in [6, 6.07) is 59.0. The van der Waals surface area contributed by atoms with Crippen molar-refractivity contribution < 1.29 is 0 Å². The van der Waals surface area contributed by atoms with Crippen LogP contribution in [-0.2, 0) is 0 Å². The lowest BCUT2D eigenvalue weighted by Gasteiger charge is -2.14. The molecule has 0 aromatic heterocycles. The normalized spacial score (nSPS) is 12.3. The van der Waals surface area contributed by atoms with Crippen molar-refractivity contribution in [2.45, 2.75) is 0 Å². The van der Waals surface area contributed by atoms with Gasteiger partial charge in [0.2, 0.25) is 0 Å². The van der Waals surface area contributed by atoms with Crippen molar-refractivity contribution in [3.8, 4) is 33.4 Å². The second kappa shape index (κ2) is 8.81. The molecular weight excluding hydrogens is 553 g/mol. The molecule has 210 valence electrons. The van der Waals surface area contributed by atoms with Gasteiger partial charge < -0.3 is 0 Å². The minimum atomic E-state index is 1.28. The Morgan fingerprint density at radius 1 is 0.196 bits per heavy atom. The van der Waals surface area contributed by atoms with Gasteiger partial charge in [-0.15, -0.1) is 0 Å². The van der Waals surface area contributed by atoms with Crippen molar-refractivity contribution in [3.05, 3.63) is 158 Å². The standard InChI is InChI=1S/C46H26/c1-3-11-30-28(9-1)25-42(34-15-7-5-13-32(30)34)36-21-23-40-41-24-22-37(39-20-18-27-17-19-38(36)45(40)44(27)46(39)41)43-26-29-10-2-4-12-31(29)33-14-6-8-16-35(33)43/h1-26H. The van der Waals surface area contributed by atoms with Gasteiger partial charge in [0.05, 0.1) is 0 Å². The zero-order valence-electron chi connectivity index (χ0n) is 25.0. The van der Waals surface area contributed by atoms with Gasteiger partial charge in [-0.05, 0) is 121 Å². The second-order valence-electron chi connectivity index (χ2n) is 12.8. The first-order valence-corrected chi connectivity index (χ1v) is 16.1. The summed E-state index contributed by atoms with van der Waals surface area (Å²) in [5.74, 6) is 0. The quantitative estimate of drug-likeness (QED) is 0.179. The van der Waals surface area contributed by atoms with Gasteiger partial charge in [-0.2, -0.15) is 0 Å². The van der Waals surface area contributed by atoms with E-state index in [0.717, 1.165) is 0 Å². The summed E-state index contributed by atoms with van der Waals surface area (Å²) in [7, 11) is 0. The number of fused-ring (bicyclic) bond motifs is 7. The average Bonchev–Trinajstić information content (AvgIpc) is 3.47. The van der Waals surface area contributed by atoms with Crippen LogP contribution in [0.15, 0.2) is 158 Å². The van der Waals surface area contributed by atoms with E-state index in [4.69, 9.17) is 0 Å². The number of hydrogen-bond acceptors (Lipinski definition) is 0. The van der Waals surface area contributed by atoms with E-state index in [-0.39, 0.29) is 0 Å². The fourth-order valence-electron chi connectivity index (χ4n) is 8.58. The molecule has 1 aliphatic rings. The lowest BCUT2D eigenvalue weighted by Crippen LogP contribution is -1.87. The van der Waals surface area contributed by atoms with Gasteiger partial charge in [-0.25, -0.2) is 0 Å². The molecular formula is C46H26. The van der Waals surface area contributed by atoms with Gasteiger partial charge in [0.1, 0.15) is 0 Å². The molecule has 46 heavy (non-hydrogen) atoms. The molecule has 0 heterocycles. The van der Waals surface area contributed by atoms with Crippen LogP contribution in [0.4, 0.5) is 0 Å². The SMILES string of the molecule is c1ccc2c(c1)cc(-c1ccc3c4c1ccc1ccc5c(-c6cc7ccccc7c7ccccc67)ccc-3c5c14)c1ccccc12. The molecule has 0 saturated carbocycles. The molecule has 0 nitrogen and oxygen atoms in total. The van der Waals surface area contributed by atoms with Crippen molar-refractivity contribution >= 4 is 75.4 Å². The van der Waals surface area contributed by atoms with Crippen molar-refractivity contribution in [2.75, 3.05) is 0 Å². The molecule has 11 rings (SSSR count). The highest BCUT2D eigenvalue weighted by Gasteiger charge is 2.24. The molecule has 0 atom stereocenters. The summed E-state index contributed by atoms with van der Waals surface area (Å²) >= 11 is 0. The van der Waals surface area contributed by atoms with Crippen LogP contribution in [0.25, 0.3) is 109 Å². The molecule has 0 radical (unpaired) electrons. The molecule has 0 fully saturated rings. The third-order valence-corrected chi connectivity index (χ3v) is 10.5. The smallest absolute Gasteiger partial charge is 0.00139 e. The van der Waals surface area contributed by atoms with E-state index < -0.39 is 0 Å². The molecule has 10 aromatic carbocycles. The van der Waals surface area contributed by atoms with E-state index in [1.165, 1.54) is 109 Å². The Labute approximate surface area is 265 Å². The van der Waals surface area contributed by atoms with Gasteiger partial charge in [0.25, 0.3) is 0 Å². The van der Waals surface area contributed by atoms with Gasteiger partial charge in [-0.3, -0.25) is 0 Å². The van der Waals surface area contributed by atoms with Gasteiger partial charge in [-0.1, -0.05) is 146 Å². The van der Waals surface area contributed by atoms with Crippen molar-refractivity contribution in [2.24, 2.45) is 0 Å². The minimum absolute atomic E-state index is 1.28. The van der Waals surface area contributed by atoms with E-state index in [0.29, 0.717) is 0 Å². The van der Waals surface area contributed by atoms with Crippen LogP contribution >= 0.6 is 0 Å². The maximum atomic E-state index is 2.39. The first-order chi connectivity index (χ1) is 22.8. The fraction of sp³-hybridized carbons (Fsp3) is 0. The third kappa shape index (κ3) is 3.08. The largest absolute Gasteiger partial charge is 0.0616 e. The summed E-state index contributed by atoms with van der Waals surface area (Å²) in [5.41, 5.74) is 7.88. The molecule has 0 bridgehead atoms. The lowest BCUT2D eigenvalue weighted by molar-refractivity contribution is 1.70. The zero-order valence-corrected chi connectivity index (χ0v) is 25.0. The Morgan fingerprint density at radius 3 is 1.07 bits per heavy atom. The summed E-state index contributed by atoms with van der Waals surface area (Å²) in [4.78, 5) is 0. The topological polar surface area (TPSA) is 0 Å². The van der Waals surface area contributed by atoms with Crippen LogP contribution in [0.5, 0.6) is 0 Å². The predicted molar refractivity (Wildman–Crippen MR) is 199 cm³/mol. The van der Waals surface area contributed by atoms with E-state index in [1.54, 1.807) is 0 Å². The van der Waals surface area contributed by atoms with E-state index >= 15 is 0 Å². The van der Waals surface area contributed by atoms with Gasteiger partial charge >= 0.3 is 0 Å². The van der Waals surface area contributed by atoms with Crippen LogP contribution in [0, 0.1) is 0 Å². The summed E-state index contributed by atoms with van der Waals surface area (Å²) in [5, 5.41) is 18.5. The minimum Gasteiger partial charge on any atom is -0.0616 e. The molecule has 0 spiro atoms. The second-order valence-corrected chi connectivity index (χ2v) is 12.8. The molecule has 0 amide bonds. The highest BCUT2D eigenvalue weighted by molar-refractivity contribution is 6.36. The first kappa shape index (κ1) is 24.4. The van der Waals surface area contributed by atoms with E-state index in [2.05, 4.69) is 158 Å². The van der Waals surface area contributed by atoms with Crippen molar-refractivity contribution in [1.82, 2.24) is 0 Å². The maximum Gasteiger partial charge on any atom is -0.00139 e. The molecule has 10 aromatic rings. The van der Waals surface area contributed by atoms with Crippen LogP contribution in [0.2, 0.25) is 0 Å². The lowest BCUT2D eigenvalue weighted by atomic mass is 9.89. The van der Waals surface area contributed by atoms with Crippen molar-refractivity contribution in [1.29, 1.82) is 0 Å². The highest BCUT2D eigenvalue weighted by Crippen LogP contribution is 2.52. The third-order valence-electron chi connectivity index (χ3n) is 10.5. The van der Waals surface area contributed by atoms with E-state index in [9.17, 15) is 0 Å². The molecule has 0 saturated heterocycles. The monoisotopic (exact) mass is 578 g/mol. The fourth-order valence-corrected chi connectivity index (χ4v) is 8.58. The Bertz CT molecular complexity index is 2760. The Balaban J connectivity index is 1.24. The Kier molecular flexibility index (Phi) is 4.66. The number of rotatable bonds is 2. The van der Waals surface area contributed by atoms with Gasteiger partial charge in [0.15, 0.2) is 0 Å². The van der Waals surface area contributed by atoms with Crippen LogP contribution in [0.1, 0.15) is 0 Å². The molecule has 1 aliphatic carbocycles. The zero-order chi connectivity index (χ0) is 29.9. The molecule has 0 N–H and O–H groups in total. The summed E-state index contributed by atoms with van der Waals surface area (Å²) in [6.07, 6.45) is 0. The Hall–Kier alpha value is -5.98. The van der Waals surface area contributed by atoms with Gasteiger partial charge in [0, 0.05) is 0 Å². The number of hydrogen-bond donors (Lipinski definition) is 0. The highest BCUT2D eigenvalue weighted by atomic mass is 14.3. The Morgan fingerprint density at radius 2 is 0.587 bits per heavy atom. The van der Waals surface area contributed by atoms with Crippen LogP contribution in [-0.4, -0.2) is 0 Å². The molecule has 0 aliphatic heterocycles. The molecule has 0 heteroatoms. The summed E-state index contributed by atoms with van der Waals surface area (Å²) < 4.78 is 0. The first-order valence-electron chi connectivity index (χ1n) is 16.1. The van der Waals surface area contributed by atoms with E-state index in [1.807, 2.05) is 0 Å². The number of benzene rings is 10. The average molecular weight is 579 g/mol.